The maximum atomic E-state index is 12.8. The lowest BCUT2D eigenvalue weighted by molar-refractivity contribution is -0.132. The van der Waals surface area contributed by atoms with E-state index in [2.05, 4.69) is 48.6 Å². The molecular weight excluding hydrogens is 336 g/mol. The maximum Gasteiger partial charge on any atom is 0.228 e. The van der Waals surface area contributed by atoms with Crippen LogP contribution in [-0.2, 0) is 16.0 Å². The van der Waals surface area contributed by atoms with Crippen molar-refractivity contribution in [3.8, 4) is 11.1 Å². The highest BCUT2D eigenvalue weighted by atomic mass is 16.2. The van der Waals surface area contributed by atoms with Crippen LogP contribution in [0.3, 0.4) is 0 Å². The van der Waals surface area contributed by atoms with E-state index in [1.165, 1.54) is 5.56 Å². The van der Waals surface area contributed by atoms with Crippen LogP contribution in [0.1, 0.15) is 30.9 Å². The third kappa shape index (κ3) is 3.90. The number of benzene rings is 2. The Morgan fingerprint density at radius 3 is 2.63 bits per heavy atom. The van der Waals surface area contributed by atoms with Crippen molar-refractivity contribution in [1.82, 2.24) is 10.2 Å². The van der Waals surface area contributed by atoms with Gasteiger partial charge in [-0.25, -0.2) is 0 Å². The lowest BCUT2D eigenvalue weighted by Crippen LogP contribution is -2.44. The molecule has 0 bridgehead atoms. The van der Waals surface area contributed by atoms with E-state index in [4.69, 9.17) is 0 Å². The molecule has 4 nitrogen and oxygen atoms in total. The molecule has 0 spiro atoms. The van der Waals surface area contributed by atoms with Crippen LogP contribution >= 0.6 is 0 Å². The van der Waals surface area contributed by atoms with Crippen molar-refractivity contribution >= 4 is 11.8 Å². The number of rotatable bonds is 5. The minimum absolute atomic E-state index is 0.0212. The summed E-state index contributed by atoms with van der Waals surface area (Å²) in [5, 5.41) is 2.84. The molecule has 1 heterocycles. The van der Waals surface area contributed by atoms with E-state index in [9.17, 15) is 9.59 Å². The molecule has 2 aromatic rings. The number of amides is 2. The topological polar surface area (TPSA) is 49.4 Å². The first kappa shape index (κ1) is 19.2. The van der Waals surface area contributed by atoms with E-state index in [1.807, 2.05) is 24.0 Å². The lowest BCUT2D eigenvalue weighted by atomic mass is 9.78. The van der Waals surface area contributed by atoms with Gasteiger partial charge in [0.15, 0.2) is 0 Å². The SMILES string of the molecule is CCC(=O)N1CC[C@](Cc2ccccc2-c2cccc(C)c2)(C(=O)NC)C1. The number of carbonyl (C=O) groups is 2. The average Bonchev–Trinajstić information content (AvgIpc) is 3.12. The highest BCUT2D eigenvalue weighted by Crippen LogP contribution is 2.37. The van der Waals surface area contributed by atoms with Gasteiger partial charge in [-0.1, -0.05) is 61.0 Å². The fraction of sp³-hybridized carbons (Fsp3) is 0.391. The number of hydrogen-bond acceptors (Lipinski definition) is 2. The van der Waals surface area contributed by atoms with Crippen molar-refractivity contribution in [2.24, 2.45) is 5.41 Å². The van der Waals surface area contributed by atoms with Gasteiger partial charge < -0.3 is 10.2 Å². The van der Waals surface area contributed by atoms with E-state index in [-0.39, 0.29) is 11.8 Å². The highest BCUT2D eigenvalue weighted by Gasteiger charge is 2.45. The maximum absolute atomic E-state index is 12.8. The Hall–Kier alpha value is -2.62. The molecule has 0 radical (unpaired) electrons. The van der Waals surface area contributed by atoms with Crippen LogP contribution in [0.25, 0.3) is 11.1 Å². The molecule has 3 rings (SSSR count). The standard InChI is InChI=1S/C23H28N2O2/c1-4-21(26)25-13-12-23(16-25,22(27)24-3)15-19-9-5-6-11-20(19)18-10-7-8-17(2)14-18/h5-11,14H,4,12-13,15-16H2,1-3H3,(H,24,27)/t23-/m1/s1. The van der Waals surface area contributed by atoms with Crippen LogP contribution in [0.5, 0.6) is 0 Å². The largest absolute Gasteiger partial charge is 0.359 e. The molecule has 4 heteroatoms. The molecule has 1 fully saturated rings. The highest BCUT2D eigenvalue weighted by molar-refractivity contribution is 5.86. The molecule has 0 aromatic heterocycles. The van der Waals surface area contributed by atoms with Crippen LogP contribution < -0.4 is 5.32 Å². The second-order valence-electron chi connectivity index (χ2n) is 7.48. The summed E-state index contributed by atoms with van der Waals surface area (Å²) >= 11 is 0. The zero-order valence-electron chi connectivity index (χ0n) is 16.4. The number of aryl methyl sites for hydroxylation is 1. The number of hydrogen-bond donors (Lipinski definition) is 1. The van der Waals surface area contributed by atoms with Gasteiger partial charge in [-0.15, -0.1) is 0 Å². The molecule has 0 unspecified atom stereocenters. The van der Waals surface area contributed by atoms with Gasteiger partial charge in [0.1, 0.15) is 0 Å². The molecule has 1 aliphatic rings. The Balaban J connectivity index is 1.97. The monoisotopic (exact) mass is 364 g/mol. The predicted octanol–water partition coefficient (Wildman–Crippen LogP) is 3.58. The Kier molecular flexibility index (Phi) is 5.64. The molecule has 1 saturated heterocycles. The van der Waals surface area contributed by atoms with Gasteiger partial charge in [-0.2, -0.15) is 0 Å². The zero-order valence-corrected chi connectivity index (χ0v) is 16.4. The minimum Gasteiger partial charge on any atom is -0.359 e. The first-order valence-corrected chi connectivity index (χ1v) is 9.64. The summed E-state index contributed by atoms with van der Waals surface area (Å²) in [7, 11) is 1.68. The summed E-state index contributed by atoms with van der Waals surface area (Å²) in [5.41, 5.74) is 4.11. The number of nitrogens with one attached hydrogen (secondary N) is 1. The Labute approximate surface area is 161 Å². The van der Waals surface area contributed by atoms with E-state index in [0.717, 1.165) is 16.7 Å². The summed E-state index contributed by atoms with van der Waals surface area (Å²) in [6, 6.07) is 16.7. The lowest BCUT2D eigenvalue weighted by Gasteiger charge is -2.28. The van der Waals surface area contributed by atoms with Crippen molar-refractivity contribution < 1.29 is 9.59 Å². The molecule has 2 amide bonds. The first-order valence-electron chi connectivity index (χ1n) is 9.64. The molecule has 0 saturated carbocycles. The summed E-state index contributed by atoms with van der Waals surface area (Å²) in [4.78, 5) is 26.9. The van der Waals surface area contributed by atoms with Crippen molar-refractivity contribution in [3.63, 3.8) is 0 Å². The average molecular weight is 364 g/mol. The van der Waals surface area contributed by atoms with Crippen LogP contribution in [0.2, 0.25) is 0 Å². The number of carbonyl (C=O) groups excluding carboxylic acids is 2. The predicted molar refractivity (Wildman–Crippen MR) is 108 cm³/mol. The van der Waals surface area contributed by atoms with Gasteiger partial charge in [0.2, 0.25) is 11.8 Å². The van der Waals surface area contributed by atoms with Gasteiger partial charge >= 0.3 is 0 Å². The number of nitrogens with zero attached hydrogens (tertiary/aromatic N) is 1. The van der Waals surface area contributed by atoms with Crippen LogP contribution in [0.15, 0.2) is 48.5 Å². The molecule has 1 N–H and O–H groups in total. The second kappa shape index (κ2) is 7.95. The Bertz CT molecular complexity index is 846. The van der Waals surface area contributed by atoms with Gasteiger partial charge in [-0.3, -0.25) is 9.59 Å². The summed E-state index contributed by atoms with van der Waals surface area (Å²) in [6.45, 7) is 5.09. The fourth-order valence-corrected chi connectivity index (χ4v) is 4.12. The molecular formula is C23H28N2O2. The third-order valence-corrected chi connectivity index (χ3v) is 5.59. The molecule has 2 aromatic carbocycles. The van der Waals surface area contributed by atoms with Gasteiger partial charge in [0, 0.05) is 26.6 Å². The van der Waals surface area contributed by atoms with Crippen LogP contribution in [-0.4, -0.2) is 36.9 Å². The smallest absolute Gasteiger partial charge is 0.228 e. The molecule has 142 valence electrons. The van der Waals surface area contributed by atoms with Crippen molar-refractivity contribution in [2.45, 2.75) is 33.1 Å². The molecule has 27 heavy (non-hydrogen) atoms. The fourth-order valence-electron chi connectivity index (χ4n) is 4.12. The third-order valence-electron chi connectivity index (χ3n) is 5.59. The van der Waals surface area contributed by atoms with Crippen molar-refractivity contribution in [2.75, 3.05) is 20.1 Å². The van der Waals surface area contributed by atoms with E-state index >= 15 is 0 Å². The first-order chi connectivity index (χ1) is 13.0. The van der Waals surface area contributed by atoms with E-state index in [0.29, 0.717) is 32.4 Å². The molecule has 1 atom stereocenters. The van der Waals surface area contributed by atoms with Crippen molar-refractivity contribution in [1.29, 1.82) is 0 Å². The van der Waals surface area contributed by atoms with Crippen LogP contribution in [0.4, 0.5) is 0 Å². The quantitative estimate of drug-likeness (QED) is 0.882. The van der Waals surface area contributed by atoms with E-state index < -0.39 is 5.41 Å². The number of likely N-dealkylation sites (tertiary alicyclic amines) is 1. The zero-order chi connectivity index (χ0) is 19.4. The van der Waals surface area contributed by atoms with Gasteiger partial charge in [-0.05, 0) is 36.5 Å². The molecule has 0 aliphatic carbocycles. The van der Waals surface area contributed by atoms with Gasteiger partial charge in [0.05, 0.1) is 5.41 Å². The van der Waals surface area contributed by atoms with Gasteiger partial charge in [0.25, 0.3) is 0 Å². The second-order valence-corrected chi connectivity index (χ2v) is 7.48. The summed E-state index contributed by atoms with van der Waals surface area (Å²) in [6.07, 6.45) is 1.80. The Morgan fingerprint density at radius 1 is 1.15 bits per heavy atom. The Morgan fingerprint density at radius 2 is 1.93 bits per heavy atom. The normalized spacial score (nSPS) is 19.1. The van der Waals surface area contributed by atoms with Crippen LogP contribution in [0, 0.1) is 12.3 Å². The summed E-state index contributed by atoms with van der Waals surface area (Å²) in [5.74, 6) is 0.140. The van der Waals surface area contributed by atoms with Crippen molar-refractivity contribution in [3.05, 3.63) is 59.7 Å². The molecule has 1 aliphatic heterocycles. The van der Waals surface area contributed by atoms with E-state index in [1.54, 1.807) is 7.05 Å². The summed E-state index contributed by atoms with van der Waals surface area (Å²) < 4.78 is 0. The minimum atomic E-state index is -0.570.